The summed E-state index contributed by atoms with van der Waals surface area (Å²) in [7, 11) is 0. The van der Waals surface area contributed by atoms with Crippen LogP contribution in [0.15, 0.2) is 140 Å². The lowest BCUT2D eigenvalue weighted by Crippen LogP contribution is -2.30. The standard InChI is InChI=1S/C34H26N4OS/c40-34-36-32(30-13-6-7-21-35-30)33(38(34)26-17-19-29(20-18-26)39-28-11-2-1-3-12-28)31-14-8-22-37(31)27-16-15-24-9-4-5-10-25(24)23-27/h1-23,32-33H,(H,36,40)/t32-,33+/m0/s1. The molecule has 1 saturated heterocycles. The Morgan fingerprint density at radius 2 is 1.40 bits per heavy atom. The largest absolute Gasteiger partial charge is 0.457 e. The molecule has 6 heteroatoms. The first kappa shape index (κ1) is 24.1. The van der Waals surface area contributed by atoms with Gasteiger partial charge in [0.15, 0.2) is 5.11 Å². The lowest BCUT2D eigenvalue weighted by molar-refractivity contribution is 0.482. The zero-order valence-corrected chi connectivity index (χ0v) is 22.4. The highest BCUT2D eigenvalue weighted by Gasteiger charge is 2.42. The van der Waals surface area contributed by atoms with Gasteiger partial charge in [-0.05, 0) is 95.8 Å². The number of hydrogen-bond acceptors (Lipinski definition) is 3. The molecule has 7 rings (SSSR count). The van der Waals surface area contributed by atoms with Crippen molar-refractivity contribution >= 4 is 33.8 Å². The van der Waals surface area contributed by atoms with E-state index in [1.807, 2.05) is 60.8 Å². The van der Waals surface area contributed by atoms with Crippen LogP contribution in [0.2, 0.25) is 0 Å². The summed E-state index contributed by atoms with van der Waals surface area (Å²) in [4.78, 5) is 6.90. The van der Waals surface area contributed by atoms with Crippen molar-refractivity contribution < 1.29 is 4.74 Å². The molecule has 4 aromatic carbocycles. The summed E-state index contributed by atoms with van der Waals surface area (Å²) in [5.41, 5.74) is 4.13. The Balaban J connectivity index is 1.30. The Bertz CT molecular complexity index is 1780. The Labute approximate surface area is 238 Å². The Kier molecular flexibility index (Phi) is 6.22. The number of hydrogen-bond donors (Lipinski definition) is 1. The molecule has 5 nitrogen and oxygen atoms in total. The number of nitrogens with one attached hydrogen (secondary N) is 1. The zero-order valence-electron chi connectivity index (χ0n) is 21.6. The number of rotatable bonds is 6. The molecule has 0 aliphatic carbocycles. The highest BCUT2D eigenvalue weighted by Crippen LogP contribution is 2.42. The maximum Gasteiger partial charge on any atom is 0.174 e. The van der Waals surface area contributed by atoms with Gasteiger partial charge >= 0.3 is 0 Å². The van der Waals surface area contributed by atoms with Crippen LogP contribution in [0.3, 0.4) is 0 Å². The summed E-state index contributed by atoms with van der Waals surface area (Å²) in [5, 5.41) is 6.64. The van der Waals surface area contributed by atoms with E-state index in [0.717, 1.165) is 34.3 Å². The van der Waals surface area contributed by atoms with E-state index in [2.05, 4.69) is 93.8 Å². The fraction of sp³-hybridized carbons (Fsp3) is 0.0588. The molecule has 1 aliphatic heterocycles. The lowest BCUT2D eigenvalue weighted by Gasteiger charge is -2.29. The summed E-state index contributed by atoms with van der Waals surface area (Å²) in [6.07, 6.45) is 3.95. The fourth-order valence-electron chi connectivity index (χ4n) is 5.43. The molecule has 0 unspecified atom stereocenters. The van der Waals surface area contributed by atoms with Crippen LogP contribution in [0.5, 0.6) is 11.5 Å². The van der Waals surface area contributed by atoms with Crippen LogP contribution in [0.4, 0.5) is 5.69 Å². The fourth-order valence-corrected chi connectivity index (χ4v) is 5.78. The monoisotopic (exact) mass is 538 g/mol. The van der Waals surface area contributed by atoms with Crippen LogP contribution in [0.25, 0.3) is 16.5 Å². The van der Waals surface area contributed by atoms with Gasteiger partial charge in [-0.15, -0.1) is 0 Å². The van der Waals surface area contributed by atoms with Crippen molar-refractivity contribution in [1.29, 1.82) is 0 Å². The van der Waals surface area contributed by atoms with Crippen molar-refractivity contribution in [3.05, 3.63) is 151 Å². The summed E-state index contributed by atoms with van der Waals surface area (Å²) in [6, 6.07) is 42.9. The molecule has 1 aliphatic rings. The van der Waals surface area contributed by atoms with Crippen molar-refractivity contribution in [3.8, 4) is 17.2 Å². The number of para-hydroxylation sites is 1. The van der Waals surface area contributed by atoms with E-state index in [1.165, 1.54) is 10.8 Å². The maximum atomic E-state index is 6.04. The number of nitrogens with zero attached hydrogens (tertiary/aromatic N) is 3. The highest BCUT2D eigenvalue weighted by molar-refractivity contribution is 7.80. The molecule has 0 bridgehead atoms. The minimum Gasteiger partial charge on any atom is -0.457 e. The van der Waals surface area contributed by atoms with Crippen LogP contribution in [0, 0.1) is 0 Å². The molecule has 0 radical (unpaired) electrons. The van der Waals surface area contributed by atoms with E-state index in [1.54, 1.807) is 0 Å². The Hall–Kier alpha value is -4.94. The molecule has 6 aromatic rings. The van der Waals surface area contributed by atoms with Crippen molar-refractivity contribution in [2.45, 2.75) is 12.1 Å². The first-order chi connectivity index (χ1) is 19.7. The van der Waals surface area contributed by atoms with Crippen molar-refractivity contribution in [3.63, 3.8) is 0 Å². The lowest BCUT2D eigenvalue weighted by atomic mass is 10.0. The van der Waals surface area contributed by atoms with Crippen LogP contribution in [-0.4, -0.2) is 14.7 Å². The van der Waals surface area contributed by atoms with E-state index in [0.29, 0.717) is 5.11 Å². The third kappa shape index (κ3) is 4.48. The first-order valence-corrected chi connectivity index (χ1v) is 13.7. The molecule has 1 N–H and O–H groups in total. The number of benzene rings is 4. The van der Waals surface area contributed by atoms with Gasteiger partial charge in [0, 0.05) is 29.5 Å². The predicted molar refractivity (Wildman–Crippen MR) is 164 cm³/mol. The smallest absolute Gasteiger partial charge is 0.174 e. The Morgan fingerprint density at radius 1 is 0.675 bits per heavy atom. The van der Waals surface area contributed by atoms with Crippen LogP contribution < -0.4 is 15.0 Å². The summed E-state index contributed by atoms with van der Waals surface area (Å²) < 4.78 is 8.30. The second kappa shape index (κ2) is 10.3. The van der Waals surface area contributed by atoms with E-state index in [4.69, 9.17) is 21.9 Å². The van der Waals surface area contributed by atoms with Crippen LogP contribution in [-0.2, 0) is 0 Å². The number of aromatic nitrogens is 2. The molecule has 0 spiro atoms. The maximum absolute atomic E-state index is 6.04. The molecule has 3 heterocycles. The number of ether oxygens (including phenoxy) is 1. The van der Waals surface area contributed by atoms with Gasteiger partial charge in [0.2, 0.25) is 0 Å². The quantitative estimate of drug-likeness (QED) is 0.218. The number of fused-ring (bicyclic) bond motifs is 1. The van der Waals surface area contributed by atoms with Crippen molar-refractivity contribution in [1.82, 2.24) is 14.9 Å². The molecule has 40 heavy (non-hydrogen) atoms. The van der Waals surface area contributed by atoms with E-state index >= 15 is 0 Å². The number of thiocarbonyl (C=S) groups is 1. The van der Waals surface area contributed by atoms with E-state index in [-0.39, 0.29) is 12.1 Å². The molecule has 1 fully saturated rings. The first-order valence-electron chi connectivity index (χ1n) is 13.2. The molecule has 194 valence electrons. The average molecular weight is 539 g/mol. The molecular formula is C34H26N4OS. The van der Waals surface area contributed by atoms with Gasteiger partial charge in [0.05, 0.1) is 11.7 Å². The van der Waals surface area contributed by atoms with E-state index in [9.17, 15) is 0 Å². The minimum atomic E-state index is -0.136. The second-order valence-corrected chi connectivity index (χ2v) is 10.1. The van der Waals surface area contributed by atoms with Gasteiger partial charge in [0.25, 0.3) is 0 Å². The summed E-state index contributed by atoms with van der Waals surface area (Å²) in [6.45, 7) is 0. The van der Waals surface area contributed by atoms with Gasteiger partial charge in [-0.3, -0.25) is 4.98 Å². The van der Waals surface area contributed by atoms with Crippen molar-refractivity contribution in [2.24, 2.45) is 0 Å². The molecule has 2 aromatic heterocycles. The average Bonchev–Trinajstić information content (AvgIpc) is 3.63. The predicted octanol–water partition coefficient (Wildman–Crippen LogP) is 7.99. The summed E-state index contributed by atoms with van der Waals surface area (Å²) >= 11 is 5.96. The highest BCUT2D eigenvalue weighted by atomic mass is 32.1. The van der Waals surface area contributed by atoms with Gasteiger partial charge in [-0.2, -0.15) is 0 Å². The van der Waals surface area contributed by atoms with Gasteiger partial charge in [-0.1, -0.05) is 54.6 Å². The zero-order chi connectivity index (χ0) is 26.9. The number of anilines is 1. The molecule has 2 atom stereocenters. The number of pyridine rings is 1. The molecule has 0 saturated carbocycles. The third-order valence-corrected chi connectivity index (χ3v) is 7.60. The Morgan fingerprint density at radius 3 is 2.20 bits per heavy atom. The van der Waals surface area contributed by atoms with E-state index < -0.39 is 0 Å². The second-order valence-electron chi connectivity index (χ2n) is 9.74. The topological polar surface area (TPSA) is 42.3 Å². The van der Waals surface area contributed by atoms with Crippen LogP contribution >= 0.6 is 12.2 Å². The molecular weight excluding hydrogens is 512 g/mol. The SMILES string of the molecule is S=C1N[C@@H](c2ccccn2)[C@@H](c2cccn2-c2ccc3ccccc3c2)N1c1ccc(Oc2ccccc2)cc1. The van der Waals surface area contributed by atoms with Gasteiger partial charge in [-0.25, -0.2) is 0 Å². The normalized spacial score (nSPS) is 16.7. The van der Waals surface area contributed by atoms with Crippen molar-refractivity contribution in [2.75, 3.05) is 4.90 Å². The van der Waals surface area contributed by atoms with Gasteiger partial charge in [0.1, 0.15) is 17.5 Å². The summed E-state index contributed by atoms with van der Waals surface area (Å²) in [5.74, 6) is 1.57. The van der Waals surface area contributed by atoms with Gasteiger partial charge < -0.3 is 19.5 Å². The molecule has 0 amide bonds. The third-order valence-electron chi connectivity index (χ3n) is 7.29. The minimum absolute atomic E-state index is 0.134. The van der Waals surface area contributed by atoms with Crippen LogP contribution in [0.1, 0.15) is 23.5 Å².